The van der Waals surface area contributed by atoms with Crippen LogP contribution >= 0.6 is 0 Å². The molecule has 3 atom stereocenters. The van der Waals surface area contributed by atoms with Crippen LogP contribution in [0.2, 0.25) is 0 Å². The summed E-state index contributed by atoms with van der Waals surface area (Å²) in [5.41, 5.74) is 7.41. The Hall–Kier alpha value is -2.87. The molecule has 2 nitrogen and oxygen atoms in total. The van der Waals surface area contributed by atoms with E-state index < -0.39 is 0 Å². The molecule has 0 fully saturated rings. The van der Waals surface area contributed by atoms with Crippen molar-refractivity contribution < 1.29 is 4.79 Å². The van der Waals surface area contributed by atoms with Gasteiger partial charge in [0.25, 0.3) is 5.91 Å². The first kappa shape index (κ1) is 14.3. The normalized spacial score (nSPS) is 25.0. The molecule has 1 amide bonds. The van der Waals surface area contributed by atoms with Crippen LogP contribution in [0.25, 0.3) is 0 Å². The molecule has 3 aliphatic rings. The molecule has 0 bridgehead atoms. The molecule has 6 rings (SSSR count). The minimum atomic E-state index is 0.159. The van der Waals surface area contributed by atoms with E-state index in [-0.39, 0.29) is 11.9 Å². The topological polar surface area (TPSA) is 20.3 Å². The van der Waals surface area contributed by atoms with Crippen molar-refractivity contribution in [1.82, 2.24) is 0 Å². The van der Waals surface area contributed by atoms with Gasteiger partial charge in [0.2, 0.25) is 0 Å². The molecule has 3 aromatic rings. The predicted octanol–water partition coefficient (Wildman–Crippen LogP) is 5.10. The van der Waals surface area contributed by atoms with Gasteiger partial charge in [-0.25, -0.2) is 0 Å². The number of carbonyl (C=O) groups is 1. The van der Waals surface area contributed by atoms with Crippen LogP contribution in [0.4, 0.5) is 5.69 Å². The first-order chi connectivity index (χ1) is 12.8. The van der Waals surface area contributed by atoms with Gasteiger partial charge in [0.05, 0.1) is 6.04 Å². The largest absolute Gasteiger partial charge is 0.300 e. The van der Waals surface area contributed by atoms with Crippen LogP contribution in [0.5, 0.6) is 0 Å². The fourth-order valence-electron chi connectivity index (χ4n) is 5.52. The highest BCUT2D eigenvalue weighted by Gasteiger charge is 2.50. The number of nitrogens with zero attached hydrogens (tertiary/aromatic N) is 1. The highest BCUT2D eigenvalue weighted by Crippen LogP contribution is 2.57. The van der Waals surface area contributed by atoms with Crippen molar-refractivity contribution in [3.8, 4) is 0 Å². The molecule has 0 saturated carbocycles. The number of aryl methyl sites for hydroxylation is 1. The predicted molar refractivity (Wildman–Crippen MR) is 103 cm³/mol. The number of anilines is 1. The number of fused-ring (bicyclic) bond motifs is 10. The van der Waals surface area contributed by atoms with Crippen molar-refractivity contribution in [2.45, 2.75) is 24.8 Å². The lowest BCUT2D eigenvalue weighted by molar-refractivity contribution is 0.0978. The Morgan fingerprint density at radius 3 is 2.35 bits per heavy atom. The molecule has 2 heteroatoms. The highest BCUT2D eigenvalue weighted by molar-refractivity contribution is 6.12. The number of carbonyl (C=O) groups excluding carboxylic acids is 1. The van der Waals surface area contributed by atoms with Gasteiger partial charge >= 0.3 is 0 Å². The van der Waals surface area contributed by atoms with Crippen LogP contribution < -0.4 is 4.90 Å². The van der Waals surface area contributed by atoms with E-state index in [2.05, 4.69) is 65.6 Å². The summed E-state index contributed by atoms with van der Waals surface area (Å²) in [5, 5.41) is 0. The number of para-hydroxylation sites is 1. The van der Waals surface area contributed by atoms with E-state index in [4.69, 9.17) is 0 Å². The van der Waals surface area contributed by atoms with E-state index in [9.17, 15) is 4.79 Å². The van der Waals surface area contributed by atoms with Crippen molar-refractivity contribution in [1.29, 1.82) is 0 Å². The summed E-state index contributed by atoms with van der Waals surface area (Å²) in [6, 6.07) is 25.7. The third-order valence-electron chi connectivity index (χ3n) is 6.51. The SMILES string of the molecule is O=C1c2ccccc2C2C3CCc4ccccc4C3c3ccccc3N12. The maximum Gasteiger partial charge on any atom is 0.259 e. The quantitative estimate of drug-likeness (QED) is 0.559. The number of amides is 1. The summed E-state index contributed by atoms with van der Waals surface area (Å²) < 4.78 is 0. The minimum Gasteiger partial charge on any atom is -0.300 e. The molecule has 0 aromatic heterocycles. The van der Waals surface area contributed by atoms with E-state index in [0.29, 0.717) is 11.8 Å². The molecule has 26 heavy (non-hydrogen) atoms. The van der Waals surface area contributed by atoms with Crippen molar-refractivity contribution >= 4 is 11.6 Å². The molecule has 3 unspecified atom stereocenters. The molecule has 2 heterocycles. The molecule has 126 valence electrons. The average molecular weight is 337 g/mol. The number of hydrogen-bond donors (Lipinski definition) is 0. The van der Waals surface area contributed by atoms with Gasteiger partial charge in [-0.3, -0.25) is 4.79 Å². The first-order valence-electron chi connectivity index (χ1n) is 9.44. The molecule has 0 radical (unpaired) electrons. The number of hydrogen-bond acceptors (Lipinski definition) is 1. The van der Waals surface area contributed by atoms with Gasteiger partial charge in [-0.2, -0.15) is 0 Å². The van der Waals surface area contributed by atoms with Crippen LogP contribution in [0, 0.1) is 5.92 Å². The van der Waals surface area contributed by atoms with E-state index >= 15 is 0 Å². The fraction of sp³-hybridized carbons (Fsp3) is 0.208. The Balaban J connectivity index is 1.65. The molecule has 0 N–H and O–H groups in total. The maximum absolute atomic E-state index is 13.2. The lowest BCUT2D eigenvalue weighted by atomic mass is 9.65. The smallest absolute Gasteiger partial charge is 0.259 e. The van der Waals surface area contributed by atoms with Gasteiger partial charge in [-0.1, -0.05) is 60.7 Å². The molecule has 0 saturated heterocycles. The van der Waals surface area contributed by atoms with Crippen molar-refractivity contribution in [2.75, 3.05) is 4.90 Å². The molecule has 1 aliphatic carbocycles. The van der Waals surface area contributed by atoms with E-state index in [0.717, 1.165) is 24.1 Å². The molecule has 0 spiro atoms. The standard InChI is InChI=1S/C24H19NO/c26-24-18-10-4-3-9-17(18)23-20-14-13-15-7-1-2-8-16(15)22(20)19-11-5-6-12-21(19)25(23)24/h1-12,20,22-23H,13-14H2. The van der Waals surface area contributed by atoms with Crippen molar-refractivity contribution in [3.05, 3.63) is 101 Å². The molecule has 3 aromatic carbocycles. The Bertz CT molecular complexity index is 1050. The third kappa shape index (κ3) is 1.69. The Labute approximate surface area is 153 Å². The van der Waals surface area contributed by atoms with E-state index in [1.165, 1.54) is 22.3 Å². The van der Waals surface area contributed by atoms with Gasteiger partial charge in [0.1, 0.15) is 0 Å². The lowest BCUT2D eigenvalue weighted by Gasteiger charge is -2.46. The van der Waals surface area contributed by atoms with Gasteiger partial charge in [-0.05, 0) is 53.1 Å². The van der Waals surface area contributed by atoms with E-state index in [1.807, 2.05) is 12.1 Å². The highest BCUT2D eigenvalue weighted by atomic mass is 16.2. The zero-order valence-electron chi connectivity index (χ0n) is 14.4. The van der Waals surface area contributed by atoms with Crippen molar-refractivity contribution in [2.24, 2.45) is 5.92 Å². The third-order valence-corrected chi connectivity index (χ3v) is 6.51. The molecular weight excluding hydrogens is 318 g/mol. The molecular formula is C24H19NO. The Morgan fingerprint density at radius 1 is 0.769 bits per heavy atom. The van der Waals surface area contributed by atoms with Crippen molar-refractivity contribution in [3.63, 3.8) is 0 Å². The van der Waals surface area contributed by atoms with Gasteiger partial charge in [-0.15, -0.1) is 0 Å². The van der Waals surface area contributed by atoms with Gasteiger partial charge < -0.3 is 4.90 Å². The van der Waals surface area contributed by atoms with Gasteiger partial charge in [0.15, 0.2) is 0 Å². The van der Waals surface area contributed by atoms with Crippen LogP contribution in [0.3, 0.4) is 0 Å². The summed E-state index contributed by atoms with van der Waals surface area (Å²) in [5.74, 6) is 0.971. The lowest BCUT2D eigenvalue weighted by Crippen LogP contribution is -2.41. The average Bonchev–Trinajstić information content (AvgIpc) is 3.01. The first-order valence-corrected chi connectivity index (χ1v) is 9.44. The second-order valence-corrected chi connectivity index (χ2v) is 7.65. The van der Waals surface area contributed by atoms with Crippen LogP contribution in [-0.4, -0.2) is 5.91 Å². The van der Waals surface area contributed by atoms with Crippen LogP contribution in [0.1, 0.15) is 51.0 Å². The van der Waals surface area contributed by atoms with E-state index in [1.54, 1.807) is 0 Å². The van der Waals surface area contributed by atoms with Crippen LogP contribution in [0.15, 0.2) is 72.8 Å². The summed E-state index contributed by atoms with van der Waals surface area (Å²) in [4.78, 5) is 15.3. The summed E-state index contributed by atoms with van der Waals surface area (Å²) in [7, 11) is 0. The van der Waals surface area contributed by atoms with Crippen LogP contribution in [-0.2, 0) is 6.42 Å². The second-order valence-electron chi connectivity index (χ2n) is 7.65. The summed E-state index contributed by atoms with van der Waals surface area (Å²) in [6.45, 7) is 0. The Kier molecular flexibility index (Phi) is 2.79. The van der Waals surface area contributed by atoms with Gasteiger partial charge in [0, 0.05) is 17.2 Å². The Morgan fingerprint density at radius 2 is 1.46 bits per heavy atom. The molecule has 2 aliphatic heterocycles. The number of benzene rings is 3. The fourth-order valence-corrected chi connectivity index (χ4v) is 5.52. The summed E-state index contributed by atoms with van der Waals surface area (Å²) >= 11 is 0. The zero-order valence-corrected chi connectivity index (χ0v) is 14.4. The maximum atomic E-state index is 13.2. The minimum absolute atomic E-state index is 0.159. The number of rotatable bonds is 0. The second kappa shape index (κ2) is 5.07. The zero-order chi connectivity index (χ0) is 17.3. The summed E-state index contributed by atoms with van der Waals surface area (Å²) in [6.07, 6.45) is 2.22. The monoisotopic (exact) mass is 337 g/mol.